The van der Waals surface area contributed by atoms with Gasteiger partial charge < -0.3 is 0 Å². The molecule has 1 heterocycles. The van der Waals surface area contributed by atoms with Crippen molar-refractivity contribution in [2.45, 2.75) is 38.5 Å². The van der Waals surface area contributed by atoms with Crippen molar-refractivity contribution in [3.8, 4) is 0 Å². The highest BCUT2D eigenvalue weighted by Gasteiger charge is 2.21. The van der Waals surface area contributed by atoms with Gasteiger partial charge in [-0.2, -0.15) is 4.37 Å². The Bertz CT molecular complexity index is 225. The van der Waals surface area contributed by atoms with Crippen LogP contribution in [-0.2, 0) is 0 Å². The molecule has 0 spiro atoms. The minimum Gasteiger partial charge on any atom is -0.228 e. The smallest absolute Gasteiger partial charge is 0.129 e. The maximum absolute atomic E-state index is 4.27. The first-order valence-corrected chi connectivity index (χ1v) is 5.40. The third-order valence-electron chi connectivity index (χ3n) is 2.74. The van der Waals surface area contributed by atoms with Crippen molar-refractivity contribution in [2.75, 3.05) is 0 Å². The predicted molar refractivity (Wildman–Crippen MR) is 50.3 cm³/mol. The van der Waals surface area contributed by atoms with Gasteiger partial charge in [-0.1, -0.05) is 19.8 Å². The van der Waals surface area contributed by atoms with E-state index < -0.39 is 0 Å². The molecule has 0 N–H and O–H groups in total. The maximum Gasteiger partial charge on any atom is 0.129 e. The van der Waals surface area contributed by atoms with Crippen molar-refractivity contribution < 1.29 is 0 Å². The predicted octanol–water partition coefficient (Wildman–Crippen LogP) is 2.83. The normalized spacial score (nSPS) is 30.4. The second-order valence-corrected chi connectivity index (χ2v) is 4.55. The first-order chi connectivity index (χ1) is 5.86. The largest absolute Gasteiger partial charge is 0.228 e. The molecule has 3 heteroatoms. The fraction of sp³-hybridized carbons (Fsp3) is 0.778. The van der Waals surface area contributed by atoms with Crippen LogP contribution in [0.2, 0.25) is 0 Å². The number of hydrogen-bond donors (Lipinski definition) is 0. The lowest BCUT2D eigenvalue weighted by Crippen LogP contribution is -2.10. The molecule has 1 aromatic rings. The van der Waals surface area contributed by atoms with Crippen molar-refractivity contribution in [3.63, 3.8) is 0 Å². The van der Waals surface area contributed by atoms with Gasteiger partial charge in [-0.25, -0.2) is 4.98 Å². The Morgan fingerprint density at radius 1 is 1.33 bits per heavy atom. The molecule has 0 radical (unpaired) electrons. The van der Waals surface area contributed by atoms with Crippen molar-refractivity contribution in [1.29, 1.82) is 0 Å². The summed E-state index contributed by atoms with van der Waals surface area (Å²) in [6, 6.07) is 0. The summed E-state index contributed by atoms with van der Waals surface area (Å²) >= 11 is 1.57. The molecule has 12 heavy (non-hydrogen) atoms. The number of aromatic nitrogens is 2. The van der Waals surface area contributed by atoms with Gasteiger partial charge in [0.25, 0.3) is 0 Å². The van der Waals surface area contributed by atoms with E-state index in [9.17, 15) is 0 Å². The molecule has 1 fully saturated rings. The SMILES string of the molecule is CC1CCC(c2ncns2)CC1. The van der Waals surface area contributed by atoms with Crippen LogP contribution >= 0.6 is 11.5 Å². The quantitative estimate of drug-likeness (QED) is 0.667. The first kappa shape index (κ1) is 8.17. The second kappa shape index (κ2) is 3.52. The van der Waals surface area contributed by atoms with E-state index >= 15 is 0 Å². The molecule has 1 aliphatic carbocycles. The van der Waals surface area contributed by atoms with E-state index in [1.54, 1.807) is 17.9 Å². The van der Waals surface area contributed by atoms with Crippen molar-refractivity contribution >= 4 is 11.5 Å². The average Bonchev–Trinajstić information content (AvgIpc) is 2.58. The van der Waals surface area contributed by atoms with Gasteiger partial charge in [0.1, 0.15) is 11.3 Å². The summed E-state index contributed by atoms with van der Waals surface area (Å²) in [6.45, 7) is 2.34. The van der Waals surface area contributed by atoms with E-state index in [4.69, 9.17) is 0 Å². The summed E-state index contributed by atoms with van der Waals surface area (Å²) < 4.78 is 4.05. The van der Waals surface area contributed by atoms with Gasteiger partial charge in [0.05, 0.1) is 0 Å². The zero-order valence-corrected chi connectivity index (χ0v) is 8.18. The van der Waals surface area contributed by atoms with Crippen LogP contribution in [0.3, 0.4) is 0 Å². The van der Waals surface area contributed by atoms with Crippen molar-refractivity contribution in [1.82, 2.24) is 9.36 Å². The molecule has 0 aliphatic heterocycles. The highest BCUT2D eigenvalue weighted by molar-refractivity contribution is 7.05. The Morgan fingerprint density at radius 2 is 2.08 bits per heavy atom. The molecule has 0 unspecified atom stereocenters. The third kappa shape index (κ3) is 1.66. The average molecular weight is 182 g/mol. The van der Waals surface area contributed by atoms with Gasteiger partial charge in [-0.3, -0.25) is 0 Å². The van der Waals surface area contributed by atoms with E-state index in [1.807, 2.05) is 0 Å². The fourth-order valence-corrected chi connectivity index (χ4v) is 2.55. The maximum atomic E-state index is 4.27. The Kier molecular flexibility index (Phi) is 2.40. The van der Waals surface area contributed by atoms with Gasteiger partial charge in [-0.05, 0) is 30.3 Å². The number of rotatable bonds is 1. The van der Waals surface area contributed by atoms with Crippen LogP contribution in [0, 0.1) is 5.92 Å². The summed E-state index contributed by atoms with van der Waals surface area (Å²) in [7, 11) is 0. The van der Waals surface area contributed by atoms with E-state index in [0.717, 1.165) is 5.92 Å². The minimum absolute atomic E-state index is 0.716. The molecule has 2 nitrogen and oxygen atoms in total. The van der Waals surface area contributed by atoms with Gasteiger partial charge in [-0.15, -0.1) is 0 Å². The minimum atomic E-state index is 0.716. The summed E-state index contributed by atoms with van der Waals surface area (Å²) in [5.41, 5.74) is 0. The van der Waals surface area contributed by atoms with E-state index in [1.165, 1.54) is 30.7 Å². The standard InChI is InChI=1S/C9H14N2S/c1-7-2-4-8(5-3-7)9-10-6-11-12-9/h6-8H,2-5H2,1H3. The Hall–Kier alpha value is -0.440. The van der Waals surface area contributed by atoms with E-state index in [2.05, 4.69) is 16.3 Å². The Labute approximate surface area is 77.2 Å². The number of hydrogen-bond acceptors (Lipinski definition) is 3. The molecule has 0 amide bonds. The molecule has 66 valence electrons. The van der Waals surface area contributed by atoms with Gasteiger partial charge in [0.15, 0.2) is 0 Å². The zero-order valence-electron chi connectivity index (χ0n) is 7.36. The van der Waals surface area contributed by atoms with Crippen LogP contribution in [0.5, 0.6) is 0 Å². The molecule has 0 bridgehead atoms. The van der Waals surface area contributed by atoms with E-state index in [-0.39, 0.29) is 0 Å². The molecule has 1 saturated carbocycles. The molecule has 0 aromatic carbocycles. The lowest BCUT2D eigenvalue weighted by molar-refractivity contribution is 0.347. The topological polar surface area (TPSA) is 25.8 Å². The molecule has 0 atom stereocenters. The Balaban J connectivity index is 1.99. The number of nitrogens with zero attached hydrogens (tertiary/aromatic N) is 2. The molecule has 1 aromatic heterocycles. The zero-order chi connectivity index (χ0) is 8.39. The lowest BCUT2D eigenvalue weighted by Gasteiger charge is -2.23. The second-order valence-electron chi connectivity index (χ2n) is 3.74. The molecule has 0 saturated heterocycles. The molecular weight excluding hydrogens is 168 g/mol. The molecular formula is C9H14N2S. The van der Waals surface area contributed by atoms with Crippen LogP contribution < -0.4 is 0 Å². The van der Waals surface area contributed by atoms with Crippen molar-refractivity contribution in [2.24, 2.45) is 5.92 Å². The molecule has 1 aliphatic rings. The summed E-state index contributed by atoms with van der Waals surface area (Å²) in [5.74, 6) is 1.64. The third-order valence-corrected chi connectivity index (χ3v) is 3.57. The fourth-order valence-electron chi connectivity index (χ4n) is 1.87. The van der Waals surface area contributed by atoms with Gasteiger partial charge in [0, 0.05) is 5.92 Å². The lowest BCUT2D eigenvalue weighted by atomic mass is 9.83. The van der Waals surface area contributed by atoms with Crippen LogP contribution in [0.4, 0.5) is 0 Å². The highest BCUT2D eigenvalue weighted by atomic mass is 32.1. The van der Waals surface area contributed by atoms with Gasteiger partial charge >= 0.3 is 0 Å². The highest BCUT2D eigenvalue weighted by Crippen LogP contribution is 2.35. The summed E-state index contributed by atoms with van der Waals surface area (Å²) in [4.78, 5) is 4.27. The Morgan fingerprint density at radius 3 is 2.67 bits per heavy atom. The van der Waals surface area contributed by atoms with Crippen LogP contribution in [-0.4, -0.2) is 9.36 Å². The summed E-state index contributed by atoms with van der Waals surface area (Å²) in [5, 5.41) is 1.25. The van der Waals surface area contributed by atoms with Gasteiger partial charge in [0.2, 0.25) is 0 Å². The van der Waals surface area contributed by atoms with Crippen LogP contribution in [0.25, 0.3) is 0 Å². The first-order valence-electron chi connectivity index (χ1n) is 4.63. The monoisotopic (exact) mass is 182 g/mol. The van der Waals surface area contributed by atoms with Crippen LogP contribution in [0.15, 0.2) is 6.33 Å². The summed E-state index contributed by atoms with van der Waals surface area (Å²) in [6.07, 6.45) is 7.04. The van der Waals surface area contributed by atoms with Crippen molar-refractivity contribution in [3.05, 3.63) is 11.3 Å². The van der Waals surface area contributed by atoms with Crippen LogP contribution in [0.1, 0.15) is 43.5 Å². The molecule has 2 rings (SSSR count). The van der Waals surface area contributed by atoms with E-state index in [0.29, 0.717) is 5.92 Å².